The van der Waals surface area contributed by atoms with Gasteiger partial charge in [-0.2, -0.15) is 13.2 Å². The fraction of sp³-hybridized carbons (Fsp3) is 0.769. The average Bonchev–Trinajstić information content (AvgIpc) is 2.79. The number of nitrogens with zero attached hydrogens (tertiary/aromatic N) is 2. The fourth-order valence-electron chi connectivity index (χ4n) is 2.84. The van der Waals surface area contributed by atoms with Crippen molar-refractivity contribution in [3.8, 4) is 0 Å². The first-order chi connectivity index (χ1) is 10.7. The maximum Gasteiger partial charge on any atom is 0.406 e. The van der Waals surface area contributed by atoms with Crippen molar-refractivity contribution in [2.24, 2.45) is 5.92 Å². The van der Waals surface area contributed by atoms with Crippen LogP contribution in [0.1, 0.15) is 25.7 Å². The number of carbonyl (C=O) groups is 3. The molecule has 0 aromatic heterocycles. The molecule has 10 heteroatoms. The van der Waals surface area contributed by atoms with Crippen molar-refractivity contribution in [1.29, 1.82) is 0 Å². The largest absolute Gasteiger partial charge is 0.481 e. The number of carboxylic acids is 1. The normalized spacial score (nSPS) is 25.6. The van der Waals surface area contributed by atoms with Gasteiger partial charge in [0.2, 0.25) is 5.91 Å². The number of amides is 3. The average molecular weight is 337 g/mol. The van der Waals surface area contributed by atoms with Gasteiger partial charge < -0.3 is 15.3 Å². The quantitative estimate of drug-likeness (QED) is 0.804. The number of alkyl halides is 3. The van der Waals surface area contributed by atoms with Crippen LogP contribution < -0.4 is 5.32 Å². The number of carbonyl (C=O) groups excluding carboxylic acids is 2. The van der Waals surface area contributed by atoms with Crippen LogP contribution in [0.3, 0.4) is 0 Å². The van der Waals surface area contributed by atoms with Crippen LogP contribution in [0, 0.1) is 5.92 Å². The van der Waals surface area contributed by atoms with Gasteiger partial charge in [-0.25, -0.2) is 4.79 Å². The lowest BCUT2D eigenvalue weighted by molar-refractivity contribution is -0.157. The molecule has 0 aromatic rings. The van der Waals surface area contributed by atoms with Gasteiger partial charge in [-0.15, -0.1) is 0 Å². The zero-order valence-electron chi connectivity index (χ0n) is 12.3. The van der Waals surface area contributed by atoms with Crippen LogP contribution in [0.5, 0.6) is 0 Å². The number of hydrogen-bond donors (Lipinski definition) is 2. The molecule has 1 aliphatic carbocycles. The maximum absolute atomic E-state index is 12.3. The van der Waals surface area contributed by atoms with Crippen molar-refractivity contribution < 1.29 is 32.7 Å². The Bertz CT molecular complexity index is 489. The first kappa shape index (κ1) is 17.4. The zero-order valence-corrected chi connectivity index (χ0v) is 12.3. The maximum atomic E-state index is 12.3. The highest BCUT2D eigenvalue weighted by molar-refractivity contribution is 5.87. The molecule has 0 radical (unpaired) electrons. The Labute approximate surface area is 130 Å². The van der Waals surface area contributed by atoms with E-state index in [0.29, 0.717) is 30.6 Å². The summed E-state index contributed by atoms with van der Waals surface area (Å²) in [6, 6.07) is -0.813. The summed E-state index contributed by atoms with van der Waals surface area (Å²) >= 11 is 0. The van der Waals surface area contributed by atoms with E-state index in [4.69, 9.17) is 5.11 Å². The minimum Gasteiger partial charge on any atom is -0.481 e. The Kier molecular flexibility index (Phi) is 5.00. The molecule has 1 saturated carbocycles. The van der Waals surface area contributed by atoms with Gasteiger partial charge >= 0.3 is 18.2 Å². The Hall–Kier alpha value is -2.00. The Morgan fingerprint density at radius 2 is 1.83 bits per heavy atom. The van der Waals surface area contributed by atoms with E-state index < -0.39 is 43.2 Å². The number of nitrogens with one attached hydrogen (secondary N) is 1. The minimum atomic E-state index is -4.50. The van der Waals surface area contributed by atoms with E-state index in [1.165, 1.54) is 0 Å². The van der Waals surface area contributed by atoms with Crippen molar-refractivity contribution in [1.82, 2.24) is 15.1 Å². The van der Waals surface area contributed by atoms with Gasteiger partial charge in [0.1, 0.15) is 13.1 Å². The smallest absolute Gasteiger partial charge is 0.406 e. The molecule has 0 atom stereocenters. The van der Waals surface area contributed by atoms with Crippen LogP contribution in [0.25, 0.3) is 0 Å². The standard InChI is InChI=1S/C13H18F3N3O4/c14-13(15,16)6-19-7-18(5-10(19)20)12(23)17-9-3-1-8(2-4-9)11(21)22/h8-9H,1-7H2,(H,17,23)(H,21,22). The first-order valence-electron chi connectivity index (χ1n) is 7.28. The molecule has 3 amide bonds. The molecule has 2 N–H and O–H groups in total. The summed E-state index contributed by atoms with van der Waals surface area (Å²) in [6.07, 6.45) is -2.62. The third-order valence-electron chi connectivity index (χ3n) is 4.08. The molecule has 7 nitrogen and oxygen atoms in total. The molecule has 130 valence electrons. The number of carboxylic acid groups (broad SMARTS) is 1. The summed E-state index contributed by atoms with van der Waals surface area (Å²) in [5.41, 5.74) is 0. The summed E-state index contributed by atoms with van der Waals surface area (Å²) < 4.78 is 37.0. The molecule has 0 aromatic carbocycles. The van der Waals surface area contributed by atoms with Crippen LogP contribution >= 0.6 is 0 Å². The van der Waals surface area contributed by atoms with Crippen LogP contribution in [0.4, 0.5) is 18.0 Å². The van der Waals surface area contributed by atoms with Crippen molar-refractivity contribution in [2.45, 2.75) is 37.9 Å². The Morgan fingerprint density at radius 1 is 1.22 bits per heavy atom. The van der Waals surface area contributed by atoms with Gasteiger partial charge in [0.25, 0.3) is 0 Å². The van der Waals surface area contributed by atoms with Crippen LogP contribution in [0.15, 0.2) is 0 Å². The number of aliphatic carboxylic acids is 1. The van der Waals surface area contributed by atoms with E-state index >= 15 is 0 Å². The molecular formula is C13H18F3N3O4. The highest BCUT2D eigenvalue weighted by Crippen LogP contribution is 2.25. The van der Waals surface area contributed by atoms with Crippen molar-refractivity contribution in [2.75, 3.05) is 19.8 Å². The molecule has 2 aliphatic rings. The molecule has 23 heavy (non-hydrogen) atoms. The van der Waals surface area contributed by atoms with Crippen molar-refractivity contribution >= 4 is 17.9 Å². The summed E-state index contributed by atoms with van der Waals surface area (Å²) in [5, 5.41) is 11.6. The third kappa shape index (κ3) is 4.73. The second-order valence-electron chi connectivity index (χ2n) is 5.88. The summed E-state index contributed by atoms with van der Waals surface area (Å²) in [5.74, 6) is -2.02. The van der Waals surface area contributed by atoms with E-state index in [2.05, 4.69) is 5.32 Å². The van der Waals surface area contributed by atoms with Crippen molar-refractivity contribution in [3.63, 3.8) is 0 Å². The zero-order chi connectivity index (χ0) is 17.2. The first-order valence-corrected chi connectivity index (χ1v) is 7.28. The van der Waals surface area contributed by atoms with Gasteiger partial charge in [0, 0.05) is 6.04 Å². The number of halogens is 3. The van der Waals surface area contributed by atoms with E-state index in [-0.39, 0.29) is 12.6 Å². The lowest BCUT2D eigenvalue weighted by atomic mass is 9.86. The predicted molar refractivity (Wildman–Crippen MR) is 71.3 cm³/mol. The molecule has 0 spiro atoms. The van der Waals surface area contributed by atoms with E-state index in [0.717, 1.165) is 4.90 Å². The molecule has 1 heterocycles. The monoisotopic (exact) mass is 337 g/mol. The molecule has 0 unspecified atom stereocenters. The highest BCUT2D eigenvalue weighted by atomic mass is 19.4. The van der Waals surface area contributed by atoms with Crippen LogP contribution in [-0.2, 0) is 9.59 Å². The SMILES string of the molecule is O=C(O)C1CCC(NC(=O)N2CC(=O)N(CC(F)(F)F)C2)CC1. The number of hydrogen-bond acceptors (Lipinski definition) is 3. The summed E-state index contributed by atoms with van der Waals surface area (Å²) in [6.45, 7) is -2.15. The molecule has 2 fully saturated rings. The number of urea groups is 1. The second kappa shape index (κ2) is 6.63. The van der Waals surface area contributed by atoms with E-state index in [9.17, 15) is 27.6 Å². The molecule has 1 saturated heterocycles. The summed E-state index contributed by atoms with van der Waals surface area (Å²) in [4.78, 5) is 36.0. The molecule has 0 bridgehead atoms. The van der Waals surface area contributed by atoms with Gasteiger partial charge in [-0.3, -0.25) is 14.5 Å². The fourth-order valence-corrected chi connectivity index (χ4v) is 2.84. The Morgan fingerprint density at radius 3 is 2.35 bits per heavy atom. The predicted octanol–water partition coefficient (Wildman–Crippen LogP) is 1.00. The van der Waals surface area contributed by atoms with Gasteiger partial charge in [0.05, 0.1) is 12.6 Å². The molecular weight excluding hydrogens is 319 g/mol. The van der Waals surface area contributed by atoms with Crippen molar-refractivity contribution in [3.05, 3.63) is 0 Å². The topological polar surface area (TPSA) is 90.0 Å². The highest BCUT2D eigenvalue weighted by Gasteiger charge is 2.39. The van der Waals surface area contributed by atoms with Gasteiger partial charge in [-0.1, -0.05) is 0 Å². The van der Waals surface area contributed by atoms with Crippen LogP contribution in [0.2, 0.25) is 0 Å². The summed E-state index contributed by atoms with van der Waals surface area (Å²) in [7, 11) is 0. The van der Waals surface area contributed by atoms with E-state index in [1.807, 2.05) is 0 Å². The molecule has 2 rings (SSSR count). The molecule has 1 aliphatic heterocycles. The van der Waals surface area contributed by atoms with Crippen LogP contribution in [-0.4, -0.2) is 64.8 Å². The van der Waals surface area contributed by atoms with E-state index in [1.54, 1.807) is 0 Å². The minimum absolute atomic E-state index is 0.218. The second-order valence-corrected chi connectivity index (χ2v) is 5.88. The lowest BCUT2D eigenvalue weighted by Gasteiger charge is -2.28. The Balaban J connectivity index is 1.81. The van der Waals surface area contributed by atoms with Gasteiger partial charge in [-0.05, 0) is 25.7 Å². The van der Waals surface area contributed by atoms with Gasteiger partial charge in [0.15, 0.2) is 0 Å². The number of rotatable bonds is 3. The lowest BCUT2D eigenvalue weighted by Crippen LogP contribution is -2.46. The third-order valence-corrected chi connectivity index (χ3v) is 4.08.